The van der Waals surface area contributed by atoms with Gasteiger partial charge in [0.2, 0.25) is 5.28 Å². The molecule has 0 radical (unpaired) electrons. The average molecular weight is 245 g/mol. The summed E-state index contributed by atoms with van der Waals surface area (Å²) in [6, 6.07) is 0. The lowest BCUT2D eigenvalue weighted by molar-refractivity contribution is 0.916. The highest BCUT2D eigenvalue weighted by molar-refractivity contribution is 7.19. The molecule has 0 fully saturated rings. The zero-order valence-corrected chi connectivity index (χ0v) is 9.51. The molecule has 0 spiro atoms. The molecule has 14 heavy (non-hydrogen) atoms. The zero-order valence-electron chi connectivity index (χ0n) is 7.18. The highest BCUT2D eigenvalue weighted by atomic mass is 35.5. The summed E-state index contributed by atoms with van der Waals surface area (Å²) in [4.78, 5) is 9.59. The molecule has 0 atom stereocenters. The number of hydrogen-bond donors (Lipinski definition) is 0. The van der Waals surface area contributed by atoms with E-state index in [2.05, 4.69) is 9.97 Å². The zero-order chi connectivity index (χ0) is 9.71. The molecule has 1 aliphatic rings. The van der Waals surface area contributed by atoms with Crippen molar-refractivity contribution < 1.29 is 0 Å². The van der Waals surface area contributed by atoms with Crippen LogP contribution in [0.4, 0.5) is 0 Å². The van der Waals surface area contributed by atoms with Crippen molar-refractivity contribution in [1.82, 2.24) is 9.97 Å². The van der Waals surface area contributed by atoms with E-state index in [0.29, 0.717) is 5.15 Å². The summed E-state index contributed by atoms with van der Waals surface area (Å²) < 4.78 is 0.987. The molecule has 72 valence electrons. The van der Waals surface area contributed by atoms with Crippen LogP contribution in [0.15, 0.2) is 0 Å². The standard InChI is InChI=1S/C9H6Cl2N2S/c10-8-7-6(12-9(11)13-8)4-2-1-3-5(4)14-7/h1-3H2. The topological polar surface area (TPSA) is 25.8 Å². The maximum Gasteiger partial charge on any atom is 0.224 e. The number of aromatic nitrogens is 2. The highest BCUT2D eigenvalue weighted by Crippen LogP contribution is 2.39. The van der Waals surface area contributed by atoms with Gasteiger partial charge < -0.3 is 0 Å². The fourth-order valence-corrected chi connectivity index (χ4v) is 3.60. The third kappa shape index (κ3) is 1.16. The molecular weight excluding hydrogens is 239 g/mol. The number of halogens is 2. The van der Waals surface area contributed by atoms with Gasteiger partial charge in [-0.25, -0.2) is 9.97 Å². The smallest absolute Gasteiger partial charge is 0.217 e. The number of nitrogens with zero attached hydrogens (tertiary/aromatic N) is 2. The van der Waals surface area contributed by atoms with Gasteiger partial charge in [-0.05, 0) is 36.4 Å². The number of thiophene rings is 1. The lowest BCUT2D eigenvalue weighted by Gasteiger charge is -1.95. The third-order valence-corrected chi connectivity index (χ3v) is 4.32. The summed E-state index contributed by atoms with van der Waals surface area (Å²) in [5, 5.41) is 0.731. The molecule has 0 N–H and O–H groups in total. The van der Waals surface area contributed by atoms with Crippen LogP contribution in [0.25, 0.3) is 10.2 Å². The van der Waals surface area contributed by atoms with E-state index >= 15 is 0 Å². The van der Waals surface area contributed by atoms with Gasteiger partial charge in [-0.1, -0.05) is 11.6 Å². The first-order chi connectivity index (χ1) is 6.75. The molecule has 5 heteroatoms. The van der Waals surface area contributed by atoms with Crippen LogP contribution in [0.5, 0.6) is 0 Å². The van der Waals surface area contributed by atoms with Gasteiger partial charge in [-0.15, -0.1) is 11.3 Å². The number of hydrogen-bond acceptors (Lipinski definition) is 3. The second kappa shape index (κ2) is 3.05. The first-order valence-corrected chi connectivity index (χ1v) is 5.96. The fourth-order valence-electron chi connectivity index (χ4n) is 1.89. The quantitative estimate of drug-likeness (QED) is 0.524. The van der Waals surface area contributed by atoms with Crippen molar-refractivity contribution in [2.75, 3.05) is 0 Å². The highest BCUT2D eigenvalue weighted by Gasteiger charge is 2.20. The average Bonchev–Trinajstić information content (AvgIpc) is 2.65. The number of aryl methyl sites for hydroxylation is 2. The largest absolute Gasteiger partial charge is 0.224 e. The Kier molecular flexibility index (Phi) is 1.94. The van der Waals surface area contributed by atoms with E-state index in [-0.39, 0.29) is 5.28 Å². The molecule has 0 amide bonds. The van der Waals surface area contributed by atoms with Crippen molar-refractivity contribution in [3.05, 3.63) is 20.9 Å². The molecule has 0 saturated carbocycles. The summed E-state index contributed by atoms with van der Waals surface area (Å²) >= 11 is 13.5. The fraction of sp³-hybridized carbons (Fsp3) is 0.333. The molecular formula is C9H6Cl2N2S. The Labute approximate surface area is 94.9 Å². The Morgan fingerprint density at radius 1 is 1.14 bits per heavy atom. The molecule has 0 saturated heterocycles. The van der Waals surface area contributed by atoms with Crippen LogP contribution in [-0.4, -0.2) is 9.97 Å². The summed E-state index contributed by atoms with van der Waals surface area (Å²) in [7, 11) is 0. The summed E-state index contributed by atoms with van der Waals surface area (Å²) in [6.45, 7) is 0. The molecule has 0 bridgehead atoms. The second-order valence-electron chi connectivity index (χ2n) is 3.32. The van der Waals surface area contributed by atoms with Crippen LogP contribution >= 0.6 is 34.5 Å². The maximum atomic E-state index is 6.00. The van der Waals surface area contributed by atoms with Crippen LogP contribution < -0.4 is 0 Å². The predicted octanol–water partition coefficient (Wildman–Crippen LogP) is 3.49. The normalized spacial score (nSPS) is 15.0. The first kappa shape index (κ1) is 8.89. The van der Waals surface area contributed by atoms with Crippen molar-refractivity contribution in [3.63, 3.8) is 0 Å². The van der Waals surface area contributed by atoms with Crippen LogP contribution in [0, 0.1) is 0 Å². The number of rotatable bonds is 0. The molecule has 0 aromatic carbocycles. The predicted molar refractivity (Wildman–Crippen MR) is 59.5 cm³/mol. The molecule has 2 heterocycles. The summed E-state index contributed by atoms with van der Waals surface area (Å²) in [6.07, 6.45) is 3.46. The minimum Gasteiger partial charge on any atom is -0.217 e. The van der Waals surface area contributed by atoms with E-state index in [1.165, 1.54) is 16.9 Å². The Morgan fingerprint density at radius 2 is 2.00 bits per heavy atom. The molecule has 3 rings (SSSR count). The van der Waals surface area contributed by atoms with Crippen LogP contribution in [0.2, 0.25) is 10.4 Å². The molecule has 2 nitrogen and oxygen atoms in total. The Bertz CT molecular complexity index is 521. The van der Waals surface area contributed by atoms with Crippen LogP contribution in [-0.2, 0) is 12.8 Å². The molecule has 1 aliphatic carbocycles. The Hall–Kier alpha value is -0.380. The van der Waals surface area contributed by atoms with Gasteiger partial charge in [0.15, 0.2) is 5.15 Å². The van der Waals surface area contributed by atoms with E-state index in [1.807, 2.05) is 0 Å². The number of fused-ring (bicyclic) bond motifs is 3. The van der Waals surface area contributed by atoms with Gasteiger partial charge >= 0.3 is 0 Å². The minimum atomic E-state index is 0.245. The van der Waals surface area contributed by atoms with E-state index in [1.54, 1.807) is 11.3 Å². The monoisotopic (exact) mass is 244 g/mol. The van der Waals surface area contributed by atoms with Crippen molar-refractivity contribution in [2.24, 2.45) is 0 Å². The third-order valence-electron chi connectivity index (χ3n) is 2.48. The Balaban J connectivity index is 2.43. The van der Waals surface area contributed by atoms with Gasteiger partial charge in [0, 0.05) is 4.88 Å². The Morgan fingerprint density at radius 3 is 2.86 bits per heavy atom. The van der Waals surface area contributed by atoms with E-state index in [9.17, 15) is 0 Å². The lowest BCUT2D eigenvalue weighted by Crippen LogP contribution is -1.85. The first-order valence-electron chi connectivity index (χ1n) is 4.39. The summed E-state index contributed by atoms with van der Waals surface area (Å²) in [5.41, 5.74) is 2.30. The molecule has 0 aliphatic heterocycles. The van der Waals surface area contributed by atoms with E-state index in [4.69, 9.17) is 23.2 Å². The van der Waals surface area contributed by atoms with Crippen molar-refractivity contribution >= 4 is 44.8 Å². The van der Waals surface area contributed by atoms with Crippen LogP contribution in [0.3, 0.4) is 0 Å². The lowest BCUT2D eigenvalue weighted by atomic mass is 10.2. The SMILES string of the molecule is Clc1nc(Cl)c2sc3c(c2n1)CCC3. The van der Waals surface area contributed by atoms with Crippen molar-refractivity contribution in [2.45, 2.75) is 19.3 Å². The molecule has 0 unspecified atom stereocenters. The van der Waals surface area contributed by atoms with E-state index < -0.39 is 0 Å². The van der Waals surface area contributed by atoms with E-state index in [0.717, 1.165) is 23.1 Å². The van der Waals surface area contributed by atoms with Crippen molar-refractivity contribution in [1.29, 1.82) is 0 Å². The van der Waals surface area contributed by atoms with Gasteiger partial charge in [-0.3, -0.25) is 0 Å². The van der Waals surface area contributed by atoms with Gasteiger partial charge in [0.1, 0.15) is 0 Å². The maximum absolute atomic E-state index is 6.00. The van der Waals surface area contributed by atoms with Gasteiger partial charge in [0.25, 0.3) is 0 Å². The van der Waals surface area contributed by atoms with Crippen molar-refractivity contribution in [3.8, 4) is 0 Å². The van der Waals surface area contributed by atoms with Gasteiger partial charge in [-0.2, -0.15) is 0 Å². The van der Waals surface area contributed by atoms with Gasteiger partial charge in [0.05, 0.1) is 10.2 Å². The second-order valence-corrected chi connectivity index (χ2v) is 5.12. The van der Waals surface area contributed by atoms with Crippen LogP contribution in [0.1, 0.15) is 16.9 Å². The molecule has 2 aromatic heterocycles. The summed E-state index contributed by atoms with van der Waals surface area (Å²) in [5.74, 6) is 0. The molecule has 2 aromatic rings. The minimum absolute atomic E-state index is 0.245.